The van der Waals surface area contributed by atoms with Gasteiger partial charge in [0, 0.05) is 13.1 Å². The standard InChI is InChI=1S/C15H18ClF3N2O5S/c1-14(24,15(17,18)19)13(23)20-12-3-2-10(8-11(12)16)27(25,26)21-6-4-9(22)5-7-21/h2-3,8-9,22,24H,4-7H2,1H3,(H,20,23). The van der Waals surface area contributed by atoms with Gasteiger partial charge in [0.2, 0.25) is 15.6 Å². The monoisotopic (exact) mass is 430 g/mol. The first-order chi connectivity index (χ1) is 12.3. The molecular weight excluding hydrogens is 413 g/mol. The molecule has 0 radical (unpaired) electrons. The van der Waals surface area contributed by atoms with Crippen molar-refractivity contribution >= 4 is 33.2 Å². The van der Waals surface area contributed by atoms with Crippen LogP contribution in [0.15, 0.2) is 23.1 Å². The highest BCUT2D eigenvalue weighted by molar-refractivity contribution is 7.89. The zero-order valence-electron chi connectivity index (χ0n) is 14.1. The zero-order chi connectivity index (χ0) is 20.6. The number of hydrogen-bond acceptors (Lipinski definition) is 5. The fraction of sp³-hybridized carbons (Fsp3) is 0.533. The molecule has 0 aliphatic carbocycles. The third-order valence-electron chi connectivity index (χ3n) is 4.24. The highest BCUT2D eigenvalue weighted by Crippen LogP contribution is 2.33. The van der Waals surface area contributed by atoms with Crippen molar-refractivity contribution in [2.24, 2.45) is 0 Å². The molecule has 1 amide bonds. The van der Waals surface area contributed by atoms with Gasteiger partial charge in [0.15, 0.2) is 0 Å². The number of sulfonamides is 1. The van der Waals surface area contributed by atoms with Gasteiger partial charge in [-0.1, -0.05) is 11.6 Å². The number of rotatable bonds is 4. The molecule has 1 aliphatic rings. The number of carbonyl (C=O) groups is 1. The summed E-state index contributed by atoms with van der Waals surface area (Å²) in [6, 6.07) is 3.13. The normalized spacial score (nSPS) is 19.5. The Morgan fingerprint density at radius 2 is 1.85 bits per heavy atom. The van der Waals surface area contributed by atoms with Gasteiger partial charge >= 0.3 is 6.18 Å². The highest BCUT2D eigenvalue weighted by Gasteiger charge is 2.55. The van der Waals surface area contributed by atoms with Crippen LogP contribution >= 0.6 is 11.6 Å². The SMILES string of the molecule is CC(O)(C(=O)Nc1ccc(S(=O)(=O)N2CCC(O)CC2)cc1Cl)C(F)(F)F. The Kier molecular flexibility index (Phi) is 6.12. The number of alkyl halides is 3. The van der Waals surface area contributed by atoms with Crippen molar-refractivity contribution in [2.75, 3.05) is 18.4 Å². The molecule has 1 aromatic carbocycles. The summed E-state index contributed by atoms with van der Waals surface area (Å²) in [6.45, 7) is 0.530. The van der Waals surface area contributed by atoms with Crippen LogP contribution < -0.4 is 5.32 Å². The van der Waals surface area contributed by atoms with Crippen molar-refractivity contribution in [2.45, 2.75) is 42.5 Å². The predicted octanol–water partition coefficient (Wildman–Crippen LogP) is 1.74. The Bertz CT molecular complexity index is 821. The largest absolute Gasteiger partial charge is 0.426 e. The molecule has 0 spiro atoms. The van der Waals surface area contributed by atoms with E-state index < -0.39 is 33.8 Å². The van der Waals surface area contributed by atoms with Gasteiger partial charge in [-0.15, -0.1) is 0 Å². The van der Waals surface area contributed by atoms with E-state index in [1.165, 1.54) is 0 Å². The van der Waals surface area contributed by atoms with Crippen molar-refractivity contribution in [1.82, 2.24) is 4.31 Å². The first-order valence-electron chi connectivity index (χ1n) is 7.85. The minimum absolute atomic E-state index is 0.119. The minimum Gasteiger partial charge on any atom is -0.393 e. The van der Waals surface area contributed by atoms with Gasteiger partial charge in [0.1, 0.15) is 0 Å². The summed E-state index contributed by atoms with van der Waals surface area (Å²) in [5, 5.41) is 20.3. The molecule has 1 aromatic rings. The molecule has 7 nitrogen and oxygen atoms in total. The fourth-order valence-corrected chi connectivity index (χ4v) is 4.15. The first-order valence-corrected chi connectivity index (χ1v) is 9.67. The topological polar surface area (TPSA) is 107 Å². The van der Waals surface area contributed by atoms with Gasteiger partial charge in [-0.05, 0) is 38.0 Å². The van der Waals surface area contributed by atoms with E-state index in [-0.39, 0.29) is 41.5 Å². The Hall–Kier alpha value is -1.40. The van der Waals surface area contributed by atoms with Crippen LogP contribution in [0.2, 0.25) is 5.02 Å². The molecule has 1 fully saturated rings. The van der Waals surface area contributed by atoms with E-state index >= 15 is 0 Å². The molecule has 1 saturated heterocycles. The molecule has 1 heterocycles. The molecule has 27 heavy (non-hydrogen) atoms. The van der Waals surface area contributed by atoms with Gasteiger partial charge in [0.25, 0.3) is 5.91 Å². The summed E-state index contributed by atoms with van der Waals surface area (Å²) in [4.78, 5) is 11.5. The number of anilines is 1. The lowest BCUT2D eigenvalue weighted by Gasteiger charge is -2.29. The zero-order valence-corrected chi connectivity index (χ0v) is 15.7. The number of aliphatic hydroxyl groups is 2. The number of aliphatic hydroxyl groups excluding tert-OH is 1. The summed E-state index contributed by atoms with van der Waals surface area (Å²) < 4.78 is 64.4. The van der Waals surface area contributed by atoms with Gasteiger partial charge in [-0.2, -0.15) is 17.5 Å². The van der Waals surface area contributed by atoms with Crippen LogP contribution in [-0.4, -0.2) is 59.8 Å². The third-order valence-corrected chi connectivity index (χ3v) is 6.45. The summed E-state index contributed by atoms with van der Waals surface area (Å²) in [7, 11) is -3.91. The van der Waals surface area contributed by atoms with E-state index in [1.807, 2.05) is 5.32 Å². The Labute approximate surface area is 158 Å². The van der Waals surface area contributed by atoms with Crippen LogP contribution in [0.25, 0.3) is 0 Å². The number of amides is 1. The van der Waals surface area contributed by atoms with Crippen LogP contribution in [-0.2, 0) is 14.8 Å². The maximum atomic E-state index is 12.7. The van der Waals surface area contributed by atoms with E-state index in [0.717, 1.165) is 22.5 Å². The number of benzene rings is 1. The second-order valence-electron chi connectivity index (χ2n) is 6.30. The molecule has 1 atom stereocenters. The van der Waals surface area contributed by atoms with Gasteiger partial charge in [-0.25, -0.2) is 8.42 Å². The molecule has 0 bridgehead atoms. The highest BCUT2D eigenvalue weighted by atomic mass is 35.5. The van der Waals surface area contributed by atoms with Crippen molar-refractivity contribution in [3.63, 3.8) is 0 Å². The maximum Gasteiger partial charge on any atom is 0.426 e. The quantitative estimate of drug-likeness (QED) is 0.674. The van der Waals surface area contributed by atoms with Gasteiger partial charge in [0.05, 0.1) is 21.7 Å². The smallest absolute Gasteiger partial charge is 0.393 e. The van der Waals surface area contributed by atoms with Crippen LogP contribution in [0, 0.1) is 0 Å². The van der Waals surface area contributed by atoms with Crippen LogP contribution in [0.1, 0.15) is 19.8 Å². The van der Waals surface area contributed by atoms with E-state index in [9.17, 15) is 36.6 Å². The first kappa shape index (κ1) is 21.9. The molecule has 152 valence electrons. The van der Waals surface area contributed by atoms with Crippen molar-refractivity contribution in [3.8, 4) is 0 Å². The number of nitrogens with one attached hydrogen (secondary N) is 1. The lowest BCUT2D eigenvalue weighted by molar-refractivity contribution is -0.242. The third kappa shape index (κ3) is 4.54. The molecule has 3 N–H and O–H groups in total. The average Bonchev–Trinajstić information content (AvgIpc) is 2.55. The summed E-state index contributed by atoms with van der Waals surface area (Å²) in [6.07, 6.45) is -5.20. The molecule has 1 aliphatic heterocycles. The number of hydrogen-bond donors (Lipinski definition) is 3. The summed E-state index contributed by atoms with van der Waals surface area (Å²) >= 11 is 5.91. The summed E-state index contributed by atoms with van der Waals surface area (Å²) in [5.74, 6) is -1.75. The number of carbonyl (C=O) groups excluding carboxylic acids is 1. The van der Waals surface area contributed by atoms with Crippen LogP contribution in [0.3, 0.4) is 0 Å². The second kappa shape index (κ2) is 7.55. The number of halogens is 4. The molecule has 0 aromatic heterocycles. The second-order valence-corrected chi connectivity index (χ2v) is 8.65. The fourth-order valence-electron chi connectivity index (χ4n) is 2.36. The minimum atomic E-state index is -5.20. The van der Waals surface area contributed by atoms with Gasteiger partial charge < -0.3 is 15.5 Å². The van der Waals surface area contributed by atoms with Crippen LogP contribution in [0.4, 0.5) is 18.9 Å². The maximum absolute atomic E-state index is 12.7. The van der Waals surface area contributed by atoms with Crippen LogP contribution in [0.5, 0.6) is 0 Å². The molecule has 0 saturated carbocycles. The number of piperidine rings is 1. The van der Waals surface area contributed by atoms with E-state index in [1.54, 1.807) is 0 Å². The van der Waals surface area contributed by atoms with Gasteiger partial charge in [-0.3, -0.25) is 4.79 Å². The number of nitrogens with zero attached hydrogens (tertiary/aromatic N) is 1. The van der Waals surface area contributed by atoms with E-state index in [4.69, 9.17) is 11.6 Å². The lowest BCUT2D eigenvalue weighted by Crippen LogP contribution is -2.52. The average molecular weight is 431 g/mol. The Balaban J connectivity index is 2.22. The lowest BCUT2D eigenvalue weighted by atomic mass is 10.1. The predicted molar refractivity (Wildman–Crippen MR) is 90.8 cm³/mol. The Morgan fingerprint density at radius 1 is 1.30 bits per heavy atom. The van der Waals surface area contributed by atoms with E-state index in [2.05, 4.69) is 0 Å². The molecule has 1 unspecified atom stereocenters. The molecule has 12 heteroatoms. The van der Waals surface area contributed by atoms with Crippen molar-refractivity contribution < 1.29 is 36.6 Å². The van der Waals surface area contributed by atoms with E-state index in [0.29, 0.717) is 6.92 Å². The Morgan fingerprint density at radius 3 is 2.33 bits per heavy atom. The molecular formula is C15H18ClF3N2O5S. The van der Waals surface area contributed by atoms with Crippen molar-refractivity contribution in [1.29, 1.82) is 0 Å². The van der Waals surface area contributed by atoms with Crippen molar-refractivity contribution in [3.05, 3.63) is 23.2 Å². The summed E-state index contributed by atoms with van der Waals surface area (Å²) in [5.41, 5.74) is -3.92. The molecule has 2 rings (SSSR count).